The van der Waals surface area contributed by atoms with Crippen molar-refractivity contribution in [3.8, 4) is 0 Å². The van der Waals surface area contributed by atoms with Gasteiger partial charge >= 0.3 is 0 Å². The SMILES string of the molecule is Cc1ccc(C)c(S(=O)(=O)C2(C(=O)NC(CN)C3CC3)CCCC2)c1. The zero-order valence-corrected chi connectivity index (χ0v) is 15.9. The predicted molar refractivity (Wildman–Crippen MR) is 98.0 cm³/mol. The van der Waals surface area contributed by atoms with Crippen LogP contribution >= 0.6 is 0 Å². The summed E-state index contributed by atoms with van der Waals surface area (Å²) >= 11 is 0. The van der Waals surface area contributed by atoms with Gasteiger partial charge in [-0.3, -0.25) is 4.79 Å². The Morgan fingerprint density at radius 2 is 1.92 bits per heavy atom. The first kappa shape index (κ1) is 18.4. The average molecular weight is 365 g/mol. The lowest BCUT2D eigenvalue weighted by Gasteiger charge is -2.30. The molecule has 0 saturated heterocycles. The second-order valence-corrected chi connectivity index (χ2v) is 9.86. The Morgan fingerprint density at radius 1 is 1.28 bits per heavy atom. The van der Waals surface area contributed by atoms with Crippen molar-refractivity contribution in [1.29, 1.82) is 0 Å². The zero-order chi connectivity index (χ0) is 18.2. The maximum Gasteiger partial charge on any atom is 0.242 e. The number of carbonyl (C=O) groups excluding carboxylic acids is 1. The number of rotatable bonds is 6. The summed E-state index contributed by atoms with van der Waals surface area (Å²) in [5.41, 5.74) is 7.39. The molecule has 0 spiro atoms. The number of hydrogen-bond donors (Lipinski definition) is 2. The van der Waals surface area contributed by atoms with Crippen LogP contribution in [0, 0.1) is 19.8 Å². The van der Waals surface area contributed by atoms with E-state index in [0.29, 0.717) is 35.8 Å². The van der Waals surface area contributed by atoms with Crippen LogP contribution in [-0.4, -0.2) is 31.7 Å². The van der Waals surface area contributed by atoms with Gasteiger partial charge in [0.2, 0.25) is 5.91 Å². The van der Waals surface area contributed by atoms with Gasteiger partial charge < -0.3 is 11.1 Å². The molecule has 1 aromatic carbocycles. The maximum absolute atomic E-state index is 13.5. The fourth-order valence-corrected chi connectivity index (χ4v) is 6.32. The number of carbonyl (C=O) groups is 1. The van der Waals surface area contributed by atoms with Gasteiger partial charge in [-0.05, 0) is 62.6 Å². The second kappa shape index (κ2) is 6.72. The summed E-state index contributed by atoms with van der Waals surface area (Å²) in [5, 5.41) is 2.98. The number of nitrogens with two attached hydrogens (primary N) is 1. The molecule has 138 valence electrons. The minimum atomic E-state index is -3.76. The molecule has 2 aliphatic rings. The lowest BCUT2D eigenvalue weighted by atomic mass is 10.0. The van der Waals surface area contributed by atoms with E-state index in [1.807, 2.05) is 19.1 Å². The van der Waals surface area contributed by atoms with Crippen molar-refractivity contribution in [3.63, 3.8) is 0 Å². The van der Waals surface area contributed by atoms with Crippen LogP contribution in [0.3, 0.4) is 0 Å². The average Bonchev–Trinajstić information content (AvgIpc) is 3.29. The lowest BCUT2D eigenvalue weighted by molar-refractivity contribution is -0.124. The molecule has 3 N–H and O–H groups in total. The van der Waals surface area contributed by atoms with Gasteiger partial charge in [0.15, 0.2) is 14.6 Å². The minimum absolute atomic E-state index is 0.112. The molecule has 1 atom stereocenters. The third-order valence-electron chi connectivity index (χ3n) is 5.73. The quantitative estimate of drug-likeness (QED) is 0.810. The Balaban J connectivity index is 1.98. The summed E-state index contributed by atoms with van der Waals surface area (Å²) < 4.78 is 25.7. The summed E-state index contributed by atoms with van der Waals surface area (Å²) in [6, 6.07) is 5.29. The van der Waals surface area contributed by atoms with E-state index in [0.717, 1.165) is 31.2 Å². The van der Waals surface area contributed by atoms with Gasteiger partial charge in [0.05, 0.1) is 4.90 Å². The van der Waals surface area contributed by atoms with Gasteiger partial charge in [-0.15, -0.1) is 0 Å². The minimum Gasteiger partial charge on any atom is -0.350 e. The normalized spacial score (nSPS) is 21.1. The third kappa shape index (κ3) is 3.22. The maximum atomic E-state index is 13.5. The van der Waals surface area contributed by atoms with E-state index in [-0.39, 0.29) is 11.9 Å². The fourth-order valence-electron chi connectivity index (χ4n) is 3.94. The summed E-state index contributed by atoms with van der Waals surface area (Å²) in [6.07, 6.45) is 4.40. The van der Waals surface area contributed by atoms with Crippen molar-refractivity contribution in [2.45, 2.75) is 68.1 Å². The van der Waals surface area contributed by atoms with E-state index in [4.69, 9.17) is 5.73 Å². The Labute approximate surface area is 150 Å². The van der Waals surface area contributed by atoms with E-state index >= 15 is 0 Å². The number of aryl methyl sites for hydroxylation is 2. The molecule has 1 unspecified atom stereocenters. The van der Waals surface area contributed by atoms with Crippen LogP contribution in [0.25, 0.3) is 0 Å². The highest BCUT2D eigenvalue weighted by Crippen LogP contribution is 2.42. The highest BCUT2D eigenvalue weighted by atomic mass is 32.2. The van der Waals surface area contributed by atoms with Crippen molar-refractivity contribution in [1.82, 2.24) is 5.32 Å². The largest absolute Gasteiger partial charge is 0.350 e. The van der Waals surface area contributed by atoms with Crippen molar-refractivity contribution in [2.75, 3.05) is 6.54 Å². The van der Waals surface area contributed by atoms with Crippen LogP contribution in [0.4, 0.5) is 0 Å². The smallest absolute Gasteiger partial charge is 0.242 e. The molecule has 2 saturated carbocycles. The number of nitrogens with one attached hydrogen (secondary N) is 1. The van der Waals surface area contributed by atoms with Gasteiger partial charge in [0.1, 0.15) is 0 Å². The molecule has 0 aliphatic heterocycles. The predicted octanol–water partition coefficient (Wildman–Crippen LogP) is 2.24. The Morgan fingerprint density at radius 3 is 2.48 bits per heavy atom. The standard InChI is InChI=1S/C19H28N2O3S/c1-13-5-6-14(2)17(11-13)25(23,24)19(9-3-4-10-19)18(22)21-16(12-20)15-7-8-15/h5-6,11,15-16H,3-4,7-10,12,20H2,1-2H3,(H,21,22). The van der Waals surface area contributed by atoms with Crippen molar-refractivity contribution < 1.29 is 13.2 Å². The van der Waals surface area contributed by atoms with Crippen molar-refractivity contribution in [3.05, 3.63) is 29.3 Å². The summed E-state index contributed by atoms with van der Waals surface area (Å²) in [7, 11) is -3.76. The van der Waals surface area contributed by atoms with E-state index in [2.05, 4.69) is 5.32 Å². The van der Waals surface area contributed by atoms with Crippen LogP contribution in [0.2, 0.25) is 0 Å². The Bertz CT molecular complexity index is 763. The molecule has 3 rings (SSSR count). The third-order valence-corrected chi connectivity index (χ3v) is 8.38. The van der Waals surface area contributed by atoms with Gasteiger partial charge in [0.25, 0.3) is 0 Å². The first-order valence-corrected chi connectivity index (χ1v) is 10.6. The molecular weight excluding hydrogens is 336 g/mol. The molecule has 5 nitrogen and oxygen atoms in total. The lowest BCUT2D eigenvalue weighted by Crippen LogP contribution is -2.55. The molecule has 1 amide bonds. The van der Waals surface area contributed by atoms with Crippen molar-refractivity contribution in [2.24, 2.45) is 11.7 Å². The second-order valence-electron chi connectivity index (χ2n) is 7.63. The molecule has 0 heterocycles. The summed E-state index contributed by atoms with van der Waals surface area (Å²) in [6.45, 7) is 4.02. The highest BCUT2D eigenvalue weighted by Gasteiger charge is 2.54. The monoisotopic (exact) mass is 364 g/mol. The molecule has 25 heavy (non-hydrogen) atoms. The molecule has 6 heteroatoms. The fraction of sp³-hybridized carbons (Fsp3) is 0.632. The van der Waals surface area contributed by atoms with Gasteiger partial charge in [-0.1, -0.05) is 25.0 Å². The van der Waals surface area contributed by atoms with E-state index in [1.165, 1.54) is 0 Å². The van der Waals surface area contributed by atoms with Crippen LogP contribution in [0.15, 0.2) is 23.1 Å². The Hall–Kier alpha value is -1.40. The van der Waals surface area contributed by atoms with Crippen LogP contribution in [0.5, 0.6) is 0 Å². The van der Waals surface area contributed by atoms with E-state index < -0.39 is 14.6 Å². The number of sulfone groups is 1. The molecule has 0 radical (unpaired) electrons. The van der Waals surface area contributed by atoms with Crippen LogP contribution < -0.4 is 11.1 Å². The Kier molecular flexibility index (Phi) is 4.95. The van der Waals surface area contributed by atoms with Gasteiger partial charge in [0, 0.05) is 12.6 Å². The number of benzene rings is 1. The molecule has 2 aliphatic carbocycles. The number of hydrogen-bond acceptors (Lipinski definition) is 4. The molecular formula is C19H28N2O3S. The van der Waals surface area contributed by atoms with Gasteiger partial charge in [-0.2, -0.15) is 0 Å². The summed E-state index contributed by atoms with van der Waals surface area (Å²) in [5.74, 6) is 0.0454. The molecule has 0 aromatic heterocycles. The van der Waals surface area contributed by atoms with E-state index in [9.17, 15) is 13.2 Å². The van der Waals surface area contributed by atoms with Crippen LogP contribution in [0.1, 0.15) is 49.7 Å². The van der Waals surface area contributed by atoms with Crippen molar-refractivity contribution >= 4 is 15.7 Å². The van der Waals surface area contributed by atoms with E-state index in [1.54, 1.807) is 13.0 Å². The molecule has 1 aromatic rings. The van der Waals surface area contributed by atoms with Gasteiger partial charge in [-0.25, -0.2) is 8.42 Å². The van der Waals surface area contributed by atoms with Crippen LogP contribution in [-0.2, 0) is 14.6 Å². The topological polar surface area (TPSA) is 89.3 Å². The first-order chi connectivity index (χ1) is 11.8. The summed E-state index contributed by atoms with van der Waals surface area (Å²) in [4.78, 5) is 13.4. The zero-order valence-electron chi connectivity index (χ0n) is 15.0. The molecule has 0 bridgehead atoms. The molecule has 2 fully saturated rings. The highest BCUT2D eigenvalue weighted by molar-refractivity contribution is 7.93. The number of amides is 1. The first-order valence-electron chi connectivity index (χ1n) is 9.15.